The number of hydrogen-bond acceptors (Lipinski definition) is 3. The fourth-order valence-electron chi connectivity index (χ4n) is 1.42. The van der Waals surface area contributed by atoms with Crippen LogP contribution in [-0.2, 0) is 9.53 Å². The van der Waals surface area contributed by atoms with Crippen molar-refractivity contribution in [3.63, 3.8) is 0 Å². The van der Waals surface area contributed by atoms with Gasteiger partial charge in [0.05, 0.1) is 12.8 Å². The molecular weight excluding hydrogens is 301 g/mol. The number of anilines is 1. The first-order valence-corrected chi connectivity index (χ1v) is 6.34. The molecule has 3 nitrogen and oxygen atoms in total. The quantitative estimate of drug-likeness (QED) is 0.667. The molecule has 98 valence electrons. The molecule has 0 heterocycles. The SMILES string of the molecule is CC/C(=C/CNc1cc(Br)ccc1F)C(=O)OC. The van der Waals surface area contributed by atoms with E-state index in [0.717, 1.165) is 4.47 Å². The van der Waals surface area contributed by atoms with Crippen molar-refractivity contribution in [2.45, 2.75) is 13.3 Å². The number of ether oxygens (including phenoxy) is 1. The van der Waals surface area contributed by atoms with Gasteiger partial charge in [0, 0.05) is 16.6 Å². The third kappa shape index (κ3) is 4.14. The number of carbonyl (C=O) groups is 1. The molecule has 0 aliphatic carbocycles. The molecule has 1 rings (SSSR count). The Morgan fingerprint density at radius 3 is 2.89 bits per heavy atom. The summed E-state index contributed by atoms with van der Waals surface area (Å²) in [7, 11) is 1.34. The van der Waals surface area contributed by atoms with Gasteiger partial charge in [-0.25, -0.2) is 9.18 Å². The first-order chi connectivity index (χ1) is 8.58. The second-order valence-electron chi connectivity index (χ2n) is 3.58. The zero-order valence-electron chi connectivity index (χ0n) is 10.3. The van der Waals surface area contributed by atoms with E-state index in [1.807, 2.05) is 6.92 Å². The molecule has 0 atom stereocenters. The zero-order chi connectivity index (χ0) is 13.5. The average molecular weight is 316 g/mol. The summed E-state index contributed by atoms with van der Waals surface area (Å²) in [5.74, 6) is -0.684. The number of carbonyl (C=O) groups excluding carboxylic acids is 1. The predicted octanol–water partition coefficient (Wildman–Crippen LogP) is 3.51. The van der Waals surface area contributed by atoms with Gasteiger partial charge in [0.15, 0.2) is 0 Å². The van der Waals surface area contributed by atoms with Crippen molar-refractivity contribution in [1.82, 2.24) is 0 Å². The van der Waals surface area contributed by atoms with Crippen molar-refractivity contribution in [2.75, 3.05) is 19.0 Å². The van der Waals surface area contributed by atoms with Crippen LogP contribution in [0.25, 0.3) is 0 Å². The van der Waals surface area contributed by atoms with Gasteiger partial charge < -0.3 is 10.1 Å². The van der Waals surface area contributed by atoms with Crippen molar-refractivity contribution in [3.05, 3.63) is 40.1 Å². The van der Waals surface area contributed by atoms with Gasteiger partial charge in [0.25, 0.3) is 0 Å². The summed E-state index contributed by atoms with van der Waals surface area (Å²) in [6.45, 7) is 2.23. The standard InChI is InChI=1S/C13H15BrFNO2/c1-3-9(13(17)18-2)6-7-16-12-8-10(14)4-5-11(12)15/h4-6,8,16H,3,7H2,1-2H3/b9-6-. The molecule has 0 bridgehead atoms. The van der Waals surface area contributed by atoms with Gasteiger partial charge in [-0.1, -0.05) is 28.9 Å². The second kappa shape index (κ2) is 7.16. The lowest BCUT2D eigenvalue weighted by Crippen LogP contribution is -2.07. The summed E-state index contributed by atoms with van der Waals surface area (Å²) >= 11 is 3.27. The van der Waals surface area contributed by atoms with Crippen molar-refractivity contribution < 1.29 is 13.9 Å². The topological polar surface area (TPSA) is 38.3 Å². The van der Waals surface area contributed by atoms with Crippen LogP contribution in [0.3, 0.4) is 0 Å². The van der Waals surface area contributed by atoms with E-state index in [1.54, 1.807) is 18.2 Å². The molecular formula is C13H15BrFNO2. The molecule has 1 aromatic rings. The maximum Gasteiger partial charge on any atom is 0.333 e. The smallest absolute Gasteiger partial charge is 0.333 e. The molecule has 1 aromatic carbocycles. The Kier molecular flexibility index (Phi) is 5.85. The van der Waals surface area contributed by atoms with E-state index in [9.17, 15) is 9.18 Å². The van der Waals surface area contributed by atoms with E-state index < -0.39 is 0 Å². The fraction of sp³-hybridized carbons (Fsp3) is 0.308. The van der Waals surface area contributed by atoms with Crippen LogP contribution in [-0.4, -0.2) is 19.6 Å². The van der Waals surface area contributed by atoms with Crippen LogP contribution in [0.4, 0.5) is 10.1 Å². The Morgan fingerprint density at radius 2 is 2.28 bits per heavy atom. The van der Waals surface area contributed by atoms with E-state index in [4.69, 9.17) is 0 Å². The molecule has 0 unspecified atom stereocenters. The van der Waals surface area contributed by atoms with Crippen LogP contribution >= 0.6 is 15.9 Å². The summed E-state index contributed by atoms with van der Waals surface area (Å²) in [5.41, 5.74) is 0.960. The normalized spacial score (nSPS) is 11.2. The van der Waals surface area contributed by atoms with Crippen molar-refractivity contribution >= 4 is 27.6 Å². The van der Waals surface area contributed by atoms with Gasteiger partial charge in [0.1, 0.15) is 5.82 Å². The lowest BCUT2D eigenvalue weighted by Gasteiger charge is -2.07. The van der Waals surface area contributed by atoms with Crippen molar-refractivity contribution in [2.24, 2.45) is 0 Å². The van der Waals surface area contributed by atoms with Gasteiger partial charge >= 0.3 is 5.97 Å². The third-order valence-corrected chi connectivity index (χ3v) is 2.89. The van der Waals surface area contributed by atoms with Crippen molar-refractivity contribution in [1.29, 1.82) is 0 Å². The summed E-state index contributed by atoms with van der Waals surface area (Å²) in [6, 6.07) is 4.65. The highest BCUT2D eigenvalue weighted by Crippen LogP contribution is 2.19. The van der Waals surface area contributed by atoms with Crippen LogP contribution in [0, 0.1) is 5.82 Å². The molecule has 0 fully saturated rings. The molecule has 1 N–H and O–H groups in total. The van der Waals surface area contributed by atoms with E-state index in [-0.39, 0.29) is 11.8 Å². The number of halogens is 2. The summed E-state index contributed by atoms with van der Waals surface area (Å²) in [6.07, 6.45) is 2.28. The van der Waals surface area contributed by atoms with E-state index in [2.05, 4.69) is 26.0 Å². The molecule has 0 spiro atoms. The van der Waals surface area contributed by atoms with Gasteiger partial charge in [-0.05, 0) is 24.6 Å². The minimum absolute atomic E-state index is 0.331. The number of nitrogens with one attached hydrogen (secondary N) is 1. The van der Waals surface area contributed by atoms with Crippen LogP contribution < -0.4 is 5.32 Å². The maximum atomic E-state index is 13.4. The zero-order valence-corrected chi connectivity index (χ0v) is 11.9. The van der Waals surface area contributed by atoms with Gasteiger partial charge in [-0.15, -0.1) is 0 Å². The number of methoxy groups -OCH3 is 1. The first-order valence-electron chi connectivity index (χ1n) is 5.54. The Morgan fingerprint density at radius 1 is 1.56 bits per heavy atom. The highest BCUT2D eigenvalue weighted by atomic mass is 79.9. The first kappa shape index (κ1) is 14.7. The Bertz CT molecular complexity index is 460. The monoisotopic (exact) mass is 315 g/mol. The van der Waals surface area contributed by atoms with Crippen LogP contribution in [0.1, 0.15) is 13.3 Å². The number of benzene rings is 1. The highest BCUT2D eigenvalue weighted by Gasteiger charge is 2.06. The minimum Gasteiger partial charge on any atom is -0.466 e. The van der Waals surface area contributed by atoms with E-state index in [0.29, 0.717) is 24.2 Å². The summed E-state index contributed by atoms with van der Waals surface area (Å²) in [5, 5.41) is 2.91. The van der Waals surface area contributed by atoms with Gasteiger partial charge in [-0.3, -0.25) is 0 Å². The number of rotatable bonds is 5. The Balaban J connectivity index is 2.67. The van der Waals surface area contributed by atoms with E-state index in [1.165, 1.54) is 13.2 Å². The predicted molar refractivity (Wildman–Crippen MR) is 73.0 cm³/mol. The van der Waals surface area contributed by atoms with Crippen molar-refractivity contribution in [3.8, 4) is 0 Å². The lowest BCUT2D eigenvalue weighted by atomic mass is 10.2. The number of esters is 1. The minimum atomic E-state index is -0.353. The molecule has 0 saturated heterocycles. The highest BCUT2D eigenvalue weighted by molar-refractivity contribution is 9.10. The van der Waals surface area contributed by atoms with Gasteiger partial charge in [-0.2, -0.15) is 0 Å². The molecule has 18 heavy (non-hydrogen) atoms. The molecule has 0 aliphatic heterocycles. The van der Waals surface area contributed by atoms with Crippen LogP contribution in [0.5, 0.6) is 0 Å². The molecule has 0 aromatic heterocycles. The second-order valence-corrected chi connectivity index (χ2v) is 4.50. The summed E-state index contributed by atoms with van der Waals surface area (Å²) in [4.78, 5) is 11.3. The Hall–Kier alpha value is -1.36. The maximum absolute atomic E-state index is 13.4. The average Bonchev–Trinajstić information content (AvgIpc) is 2.37. The lowest BCUT2D eigenvalue weighted by molar-refractivity contribution is -0.136. The van der Waals surface area contributed by atoms with Gasteiger partial charge in [0.2, 0.25) is 0 Å². The van der Waals surface area contributed by atoms with Crippen LogP contribution in [0.2, 0.25) is 0 Å². The molecule has 0 amide bonds. The molecule has 0 saturated carbocycles. The Labute approximate surface area is 114 Å². The molecule has 0 radical (unpaired) electrons. The molecule has 5 heteroatoms. The van der Waals surface area contributed by atoms with E-state index >= 15 is 0 Å². The largest absolute Gasteiger partial charge is 0.466 e. The number of hydrogen-bond donors (Lipinski definition) is 1. The molecule has 0 aliphatic rings. The van der Waals surface area contributed by atoms with Crippen LogP contribution in [0.15, 0.2) is 34.3 Å². The summed E-state index contributed by atoms with van der Waals surface area (Å²) < 4.78 is 18.8. The third-order valence-electron chi connectivity index (χ3n) is 2.40. The fourth-order valence-corrected chi connectivity index (χ4v) is 1.78.